The van der Waals surface area contributed by atoms with Crippen molar-refractivity contribution in [3.8, 4) is 5.75 Å². The predicted octanol–water partition coefficient (Wildman–Crippen LogP) is 4.06. The Labute approximate surface area is 138 Å². The summed E-state index contributed by atoms with van der Waals surface area (Å²) in [6.07, 6.45) is 4.44. The number of rotatable bonds is 4. The van der Waals surface area contributed by atoms with Gasteiger partial charge in [0, 0.05) is 11.7 Å². The zero-order valence-corrected chi connectivity index (χ0v) is 13.7. The molecule has 0 amide bonds. The topological polar surface area (TPSA) is 47.3 Å². The van der Waals surface area contributed by atoms with E-state index in [1.807, 2.05) is 18.2 Å². The number of fused-ring (bicyclic) bond motifs is 1. The summed E-state index contributed by atoms with van der Waals surface area (Å²) in [5.74, 6) is 0.946. The first-order chi connectivity index (χ1) is 10.3. The lowest BCUT2D eigenvalue weighted by Crippen LogP contribution is -2.26. The van der Waals surface area contributed by atoms with E-state index in [9.17, 15) is 0 Å². The largest absolute Gasteiger partial charge is 0.495 e. The first-order valence-electron chi connectivity index (χ1n) is 7.53. The maximum absolute atomic E-state index is 5.84. The van der Waals surface area contributed by atoms with Crippen molar-refractivity contribution < 1.29 is 4.74 Å². The molecule has 0 radical (unpaired) electrons. The Balaban J connectivity index is 0.00000176. The van der Waals surface area contributed by atoms with Gasteiger partial charge in [0.05, 0.1) is 12.8 Å². The lowest BCUT2D eigenvalue weighted by atomic mass is 9.93. The lowest BCUT2D eigenvalue weighted by Gasteiger charge is -2.28. The highest BCUT2D eigenvalue weighted by Gasteiger charge is 2.20. The molecule has 1 heterocycles. The monoisotopic (exact) mass is 318 g/mol. The van der Waals surface area contributed by atoms with Crippen LogP contribution in [0.15, 0.2) is 42.5 Å². The Morgan fingerprint density at radius 3 is 2.82 bits per heavy atom. The number of anilines is 2. The fourth-order valence-corrected chi connectivity index (χ4v) is 3.03. The summed E-state index contributed by atoms with van der Waals surface area (Å²) in [6.45, 7) is 0. The quantitative estimate of drug-likeness (QED) is 0.836. The summed E-state index contributed by atoms with van der Waals surface area (Å²) < 4.78 is 5.46. The predicted molar refractivity (Wildman–Crippen MR) is 95.1 cm³/mol. The number of nitrogen functional groups attached to an aromatic ring is 1. The van der Waals surface area contributed by atoms with E-state index in [2.05, 4.69) is 29.6 Å². The smallest absolute Gasteiger partial charge is 0.142 e. The Bertz CT molecular complexity index is 616. The number of halogens is 1. The molecule has 2 aromatic rings. The maximum Gasteiger partial charge on any atom is 0.142 e. The van der Waals surface area contributed by atoms with Crippen molar-refractivity contribution in [2.75, 3.05) is 18.2 Å². The lowest BCUT2D eigenvalue weighted by molar-refractivity contribution is 0.413. The third-order valence-electron chi connectivity index (χ3n) is 4.18. The van der Waals surface area contributed by atoms with Gasteiger partial charge >= 0.3 is 0 Å². The number of para-hydroxylation sites is 1. The van der Waals surface area contributed by atoms with E-state index in [4.69, 9.17) is 10.5 Å². The molecule has 3 rings (SSSR count). The third kappa shape index (κ3) is 3.66. The number of nitrogens with two attached hydrogens (primary N) is 1. The Morgan fingerprint density at radius 2 is 2.05 bits per heavy atom. The highest BCUT2D eigenvalue weighted by molar-refractivity contribution is 5.85. The first kappa shape index (κ1) is 16.5. The van der Waals surface area contributed by atoms with Crippen LogP contribution in [-0.4, -0.2) is 13.2 Å². The van der Waals surface area contributed by atoms with Gasteiger partial charge in [-0.1, -0.05) is 24.3 Å². The van der Waals surface area contributed by atoms with E-state index in [1.54, 1.807) is 7.11 Å². The average molecular weight is 319 g/mol. The minimum absolute atomic E-state index is 0. The van der Waals surface area contributed by atoms with Gasteiger partial charge in [-0.25, -0.2) is 0 Å². The van der Waals surface area contributed by atoms with Gasteiger partial charge in [-0.3, -0.25) is 0 Å². The van der Waals surface area contributed by atoms with Crippen LogP contribution >= 0.6 is 12.4 Å². The zero-order chi connectivity index (χ0) is 14.7. The average Bonchev–Trinajstić information content (AvgIpc) is 2.52. The third-order valence-corrected chi connectivity index (χ3v) is 4.18. The van der Waals surface area contributed by atoms with E-state index < -0.39 is 0 Å². The molecule has 3 nitrogen and oxygen atoms in total. The van der Waals surface area contributed by atoms with E-state index in [0.717, 1.165) is 30.7 Å². The van der Waals surface area contributed by atoms with Gasteiger partial charge < -0.3 is 15.8 Å². The van der Waals surface area contributed by atoms with Crippen molar-refractivity contribution in [2.24, 2.45) is 0 Å². The van der Waals surface area contributed by atoms with Crippen molar-refractivity contribution in [1.82, 2.24) is 0 Å². The van der Waals surface area contributed by atoms with Gasteiger partial charge in [0.2, 0.25) is 0 Å². The van der Waals surface area contributed by atoms with Crippen molar-refractivity contribution in [1.29, 1.82) is 0 Å². The van der Waals surface area contributed by atoms with Crippen LogP contribution in [0.1, 0.15) is 24.0 Å². The van der Waals surface area contributed by atoms with Crippen molar-refractivity contribution in [3.05, 3.63) is 53.6 Å². The molecule has 2 aromatic carbocycles. The molecule has 0 spiro atoms. The standard InChI is InChI=1S/C18H22N2O.ClH/c1-21-17-7-3-5-14-9-11-16(20-18(14)17)10-8-13-4-2-6-15(19)12-13;/h2-7,12,16,20H,8-11,19H2,1H3;1H. The van der Waals surface area contributed by atoms with Crippen molar-refractivity contribution in [2.45, 2.75) is 31.7 Å². The van der Waals surface area contributed by atoms with E-state index >= 15 is 0 Å². The second kappa shape index (κ2) is 7.41. The second-order valence-corrected chi connectivity index (χ2v) is 5.66. The van der Waals surface area contributed by atoms with E-state index in [0.29, 0.717) is 6.04 Å². The normalized spacial score (nSPS) is 16.1. The summed E-state index contributed by atoms with van der Waals surface area (Å²) in [4.78, 5) is 0. The highest BCUT2D eigenvalue weighted by atomic mass is 35.5. The van der Waals surface area contributed by atoms with Gasteiger partial charge in [0.15, 0.2) is 0 Å². The molecule has 0 aliphatic carbocycles. The van der Waals surface area contributed by atoms with Crippen LogP contribution in [0.5, 0.6) is 5.75 Å². The van der Waals surface area contributed by atoms with Gasteiger partial charge in [0.1, 0.15) is 5.75 Å². The molecular weight excluding hydrogens is 296 g/mol. The molecule has 1 aliphatic heterocycles. The van der Waals surface area contributed by atoms with E-state index in [-0.39, 0.29) is 12.4 Å². The highest BCUT2D eigenvalue weighted by Crippen LogP contribution is 2.34. The van der Waals surface area contributed by atoms with Gasteiger partial charge in [0.25, 0.3) is 0 Å². The Morgan fingerprint density at radius 1 is 1.23 bits per heavy atom. The summed E-state index contributed by atoms with van der Waals surface area (Å²) in [5.41, 5.74) is 10.5. The van der Waals surface area contributed by atoms with Gasteiger partial charge in [-0.15, -0.1) is 12.4 Å². The molecule has 0 fully saturated rings. The minimum Gasteiger partial charge on any atom is -0.495 e. The van der Waals surface area contributed by atoms with Crippen LogP contribution in [0.3, 0.4) is 0 Å². The zero-order valence-electron chi connectivity index (χ0n) is 12.8. The number of aryl methyl sites for hydroxylation is 2. The Hall–Kier alpha value is -1.87. The van der Waals surface area contributed by atoms with Crippen LogP contribution in [0, 0.1) is 0 Å². The fraction of sp³-hybridized carbons (Fsp3) is 0.333. The molecule has 118 valence electrons. The van der Waals surface area contributed by atoms with Crippen LogP contribution in [-0.2, 0) is 12.8 Å². The molecule has 1 unspecified atom stereocenters. The number of nitrogens with one attached hydrogen (secondary N) is 1. The van der Waals surface area contributed by atoms with Gasteiger partial charge in [-0.05, 0) is 55.0 Å². The van der Waals surface area contributed by atoms with Crippen molar-refractivity contribution in [3.63, 3.8) is 0 Å². The molecule has 1 atom stereocenters. The molecular formula is C18H23ClN2O. The van der Waals surface area contributed by atoms with Crippen molar-refractivity contribution >= 4 is 23.8 Å². The molecule has 22 heavy (non-hydrogen) atoms. The molecule has 0 aromatic heterocycles. The number of methoxy groups -OCH3 is 1. The number of benzene rings is 2. The van der Waals surface area contributed by atoms with Gasteiger partial charge in [-0.2, -0.15) is 0 Å². The Kier molecular flexibility index (Phi) is 5.56. The summed E-state index contributed by atoms with van der Waals surface area (Å²) in [5, 5.41) is 3.65. The summed E-state index contributed by atoms with van der Waals surface area (Å²) in [7, 11) is 1.73. The molecule has 0 bridgehead atoms. The first-order valence-corrected chi connectivity index (χ1v) is 7.53. The number of hydrogen-bond acceptors (Lipinski definition) is 3. The molecule has 4 heteroatoms. The SMILES string of the molecule is COc1cccc2c1NC(CCc1cccc(N)c1)CC2.Cl. The maximum atomic E-state index is 5.84. The number of ether oxygens (including phenoxy) is 1. The molecule has 1 aliphatic rings. The van der Waals surface area contributed by atoms with Crippen LogP contribution in [0.25, 0.3) is 0 Å². The molecule has 0 saturated heterocycles. The molecule has 3 N–H and O–H groups in total. The van der Waals surface area contributed by atoms with E-state index in [1.165, 1.54) is 23.2 Å². The number of hydrogen-bond donors (Lipinski definition) is 2. The second-order valence-electron chi connectivity index (χ2n) is 5.66. The fourth-order valence-electron chi connectivity index (χ4n) is 3.03. The summed E-state index contributed by atoms with van der Waals surface area (Å²) in [6, 6.07) is 14.9. The van der Waals surface area contributed by atoms with Crippen LogP contribution in [0.4, 0.5) is 11.4 Å². The minimum atomic E-state index is 0. The summed E-state index contributed by atoms with van der Waals surface area (Å²) >= 11 is 0. The van der Waals surface area contributed by atoms with Crippen LogP contribution in [0.2, 0.25) is 0 Å². The van der Waals surface area contributed by atoms with Crippen LogP contribution < -0.4 is 15.8 Å². The molecule has 0 saturated carbocycles.